The number of halogens is 1. The van der Waals surface area contributed by atoms with Crippen molar-refractivity contribution < 1.29 is 22.7 Å². The summed E-state index contributed by atoms with van der Waals surface area (Å²) in [6, 6.07) is 20.3. The van der Waals surface area contributed by atoms with Gasteiger partial charge in [0.25, 0.3) is 10.0 Å². The number of benzene rings is 3. The third-order valence-corrected chi connectivity index (χ3v) is 7.94. The number of amides is 2. The molecule has 0 fully saturated rings. The highest BCUT2D eigenvalue weighted by atomic mass is 35.5. The molecule has 0 bridgehead atoms. The van der Waals surface area contributed by atoms with Crippen LogP contribution in [0.1, 0.15) is 33.3 Å². The van der Waals surface area contributed by atoms with E-state index in [2.05, 4.69) is 5.32 Å². The van der Waals surface area contributed by atoms with E-state index in [0.29, 0.717) is 10.8 Å². The van der Waals surface area contributed by atoms with Crippen LogP contribution in [0.4, 0.5) is 5.69 Å². The van der Waals surface area contributed by atoms with E-state index < -0.39 is 34.1 Å². The lowest BCUT2D eigenvalue weighted by molar-refractivity contribution is -0.140. The van der Waals surface area contributed by atoms with Crippen LogP contribution in [0.3, 0.4) is 0 Å². The van der Waals surface area contributed by atoms with Gasteiger partial charge in [-0.05, 0) is 81.8 Å². The highest BCUT2D eigenvalue weighted by molar-refractivity contribution is 7.92. The van der Waals surface area contributed by atoms with Crippen molar-refractivity contribution in [1.29, 1.82) is 0 Å². The van der Waals surface area contributed by atoms with Crippen LogP contribution < -0.4 is 14.4 Å². The Hall–Kier alpha value is -3.56. The number of carbonyl (C=O) groups is 2. The molecule has 8 nitrogen and oxygen atoms in total. The van der Waals surface area contributed by atoms with E-state index in [1.54, 1.807) is 80.8 Å². The normalized spacial score (nSPS) is 12.4. The molecule has 0 aliphatic rings. The zero-order valence-electron chi connectivity index (χ0n) is 22.7. The first-order valence-electron chi connectivity index (χ1n) is 12.4. The maximum atomic E-state index is 13.9. The van der Waals surface area contributed by atoms with Crippen LogP contribution in [0.25, 0.3) is 0 Å². The minimum atomic E-state index is -4.13. The minimum Gasteiger partial charge on any atom is -0.497 e. The third-order valence-electron chi connectivity index (χ3n) is 5.90. The fourth-order valence-corrected chi connectivity index (χ4v) is 5.40. The number of carbonyl (C=O) groups excluding carboxylic acids is 2. The van der Waals surface area contributed by atoms with Crippen LogP contribution in [-0.2, 0) is 26.2 Å². The molecule has 208 valence electrons. The van der Waals surface area contributed by atoms with Crippen LogP contribution in [0.15, 0.2) is 83.8 Å². The van der Waals surface area contributed by atoms with Gasteiger partial charge in [0.05, 0.1) is 17.7 Å². The molecule has 0 unspecified atom stereocenters. The first-order chi connectivity index (χ1) is 18.3. The Morgan fingerprint density at radius 2 is 1.54 bits per heavy atom. The zero-order chi connectivity index (χ0) is 28.8. The third kappa shape index (κ3) is 7.97. The van der Waals surface area contributed by atoms with Crippen molar-refractivity contribution in [3.05, 3.63) is 89.4 Å². The molecule has 0 saturated carbocycles. The SMILES string of the molecule is COc1ccc(CN(C(=O)CN(c2ccc(Cl)cc2)S(=O)(=O)c2ccccc2)[C@H](C)C(=O)NC(C)(C)C)cc1. The predicted molar refractivity (Wildman–Crippen MR) is 153 cm³/mol. The molecular formula is C29H34ClN3O5S. The van der Waals surface area contributed by atoms with Gasteiger partial charge in [-0.1, -0.05) is 41.9 Å². The number of anilines is 1. The van der Waals surface area contributed by atoms with Crippen molar-refractivity contribution in [2.24, 2.45) is 0 Å². The standard InChI is InChI=1S/C29H34ClN3O5S/c1-21(28(35)31-29(2,3)4)32(19-22-11-17-25(38-5)18-12-22)27(34)20-33(24-15-13-23(30)14-16-24)39(36,37)26-9-7-6-8-10-26/h6-18,21H,19-20H2,1-5H3,(H,31,35)/t21-/m1/s1. The summed E-state index contributed by atoms with van der Waals surface area (Å²) in [5.74, 6) is -0.247. The Bertz CT molecular complexity index is 1370. The summed E-state index contributed by atoms with van der Waals surface area (Å²) in [5, 5.41) is 3.33. The summed E-state index contributed by atoms with van der Waals surface area (Å²) in [7, 11) is -2.57. The maximum absolute atomic E-state index is 13.9. The summed E-state index contributed by atoms with van der Waals surface area (Å²) in [6.45, 7) is 6.73. The average Bonchev–Trinajstić information content (AvgIpc) is 2.90. The number of methoxy groups -OCH3 is 1. The number of rotatable bonds is 10. The molecule has 2 amide bonds. The Morgan fingerprint density at radius 1 is 0.949 bits per heavy atom. The summed E-state index contributed by atoms with van der Waals surface area (Å²) in [5.41, 5.74) is 0.503. The van der Waals surface area contributed by atoms with E-state index >= 15 is 0 Å². The van der Waals surface area contributed by atoms with Crippen LogP contribution in [0.5, 0.6) is 5.75 Å². The molecule has 1 atom stereocenters. The second kappa shape index (κ2) is 12.5. The first-order valence-corrected chi connectivity index (χ1v) is 14.2. The molecule has 0 aliphatic heterocycles. The number of ether oxygens (including phenoxy) is 1. The number of hydrogen-bond acceptors (Lipinski definition) is 5. The Labute approximate surface area is 235 Å². The number of sulfonamides is 1. The fourth-order valence-electron chi connectivity index (χ4n) is 3.84. The number of hydrogen-bond donors (Lipinski definition) is 1. The molecule has 0 heterocycles. The topological polar surface area (TPSA) is 96.0 Å². The molecule has 3 aromatic rings. The molecule has 0 spiro atoms. The quantitative estimate of drug-likeness (QED) is 0.374. The number of nitrogens with one attached hydrogen (secondary N) is 1. The van der Waals surface area contributed by atoms with E-state index in [9.17, 15) is 18.0 Å². The minimum absolute atomic E-state index is 0.0352. The predicted octanol–water partition coefficient (Wildman–Crippen LogP) is 4.88. The summed E-state index contributed by atoms with van der Waals surface area (Å²) >= 11 is 6.05. The molecule has 3 rings (SSSR count). The van der Waals surface area contributed by atoms with E-state index in [1.165, 1.54) is 17.0 Å². The van der Waals surface area contributed by atoms with Crippen LogP contribution in [0, 0.1) is 0 Å². The maximum Gasteiger partial charge on any atom is 0.264 e. The van der Waals surface area contributed by atoms with E-state index in [-0.39, 0.29) is 23.0 Å². The van der Waals surface area contributed by atoms with Gasteiger partial charge in [0.1, 0.15) is 18.3 Å². The fraction of sp³-hybridized carbons (Fsp3) is 0.310. The first kappa shape index (κ1) is 30.0. The van der Waals surface area contributed by atoms with Gasteiger partial charge in [0, 0.05) is 17.1 Å². The Morgan fingerprint density at radius 3 is 2.08 bits per heavy atom. The second-order valence-electron chi connectivity index (χ2n) is 10.1. The van der Waals surface area contributed by atoms with E-state index in [4.69, 9.17) is 16.3 Å². The van der Waals surface area contributed by atoms with Crippen LogP contribution in [-0.4, -0.2) is 50.4 Å². The van der Waals surface area contributed by atoms with Gasteiger partial charge >= 0.3 is 0 Å². The second-order valence-corrected chi connectivity index (χ2v) is 12.4. The van der Waals surface area contributed by atoms with Gasteiger partial charge in [0.2, 0.25) is 11.8 Å². The molecule has 39 heavy (non-hydrogen) atoms. The lowest BCUT2D eigenvalue weighted by Gasteiger charge is -2.33. The molecule has 0 radical (unpaired) electrons. The van der Waals surface area contributed by atoms with Gasteiger partial charge < -0.3 is 15.0 Å². The molecule has 0 aliphatic carbocycles. The van der Waals surface area contributed by atoms with E-state index in [0.717, 1.165) is 9.87 Å². The summed E-state index contributed by atoms with van der Waals surface area (Å²) < 4.78 is 33.7. The van der Waals surface area contributed by atoms with Crippen molar-refractivity contribution >= 4 is 39.1 Å². The zero-order valence-corrected chi connectivity index (χ0v) is 24.3. The highest BCUT2D eigenvalue weighted by Gasteiger charge is 2.33. The summed E-state index contributed by atoms with van der Waals surface area (Å²) in [4.78, 5) is 28.5. The van der Waals surface area contributed by atoms with Gasteiger partial charge in [0.15, 0.2) is 0 Å². The molecule has 0 saturated heterocycles. The summed E-state index contributed by atoms with van der Waals surface area (Å²) in [6.07, 6.45) is 0. The number of nitrogens with zero attached hydrogens (tertiary/aromatic N) is 2. The van der Waals surface area contributed by atoms with Gasteiger partial charge in [-0.2, -0.15) is 0 Å². The molecule has 10 heteroatoms. The van der Waals surface area contributed by atoms with Gasteiger partial charge in [-0.3, -0.25) is 13.9 Å². The van der Waals surface area contributed by atoms with Crippen LogP contribution >= 0.6 is 11.6 Å². The lowest BCUT2D eigenvalue weighted by Crippen LogP contribution is -2.54. The molecule has 1 N–H and O–H groups in total. The van der Waals surface area contributed by atoms with Gasteiger partial charge in [-0.15, -0.1) is 0 Å². The Balaban J connectivity index is 2.01. The molecule has 0 aromatic heterocycles. The van der Waals surface area contributed by atoms with E-state index in [1.807, 2.05) is 20.8 Å². The van der Waals surface area contributed by atoms with Crippen molar-refractivity contribution in [3.63, 3.8) is 0 Å². The van der Waals surface area contributed by atoms with Crippen molar-refractivity contribution in [2.75, 3.05) is 18.0 Å². The van der Waals surface area contributed by atoms with Crippen molar-refractivity contribution in [1.82, 2.24) is 10.2 Å². The highest BCUT2D eigenvalue weighted by Crippen LogP contribution is 2.26. The molecular weight excluding hydrogens is 538 g/mol. The largest absolute Gasteiger partial charge is 0.497 e. The van der Waals surface area contributed by atoms with Crippen molar-refractivity contribution in [2.45, 2.75) is 50.7 Å². The van der Waals surface area contributed by atoms with Crippen LogP contribution in [0.2, 0.25) is 5.02 Å². The molecule has 3 aromatic carbocycles. The smallest absolute Gasteiger partial charge is 0.264 e. The van der Waals surface area contributed by atoms with Gasteiger partial charge in [-0.25, -0.2) is 8.42 Å². The Kier molecular flexibility index (Phi) is 9.63. The monoisotopic (exact) mass is 571 g/mol. The average molecular weight is 572 g/mol. The lowest BCUT2D eigenvalue weighted by atomic mass is 10.1. The van der Waals surface area contributed by atoms with Crippen molar-refractivity contribution in [3.8, 4) is 5.75 Å².